The third-order valence-corrected chi connectivity index (χ3v) is 9.23. The number of nitrogens with zero attached hydrogens (tertiary/aromatic N) is 5. The Morgan fingerprint density at radius 3 is 2.45 bits per heavy atom. The van der Waals surface area contributed by atoms with E-state index in [0.717, 1.165) is 0 Å². The van der Waals surface area contributed by atoms with Crippen molar-refractivity contribution < 1.29 is 31.1 Å². The van der Waals surface area contributed by atoms with Crippen LogP contribution in [-0.4, -0.2) is 70.4 Å². The van der Waals surface area contributed by atoms with Crippen molar-refractivity contribution in [3.63, 3.8) is 0 Å². The summed E-state index contributed by atoms with van der Waals surface area (Å²) in [6.07, 6.45) is 4.23. The van der Waals surface area contributed by atoms with E-state index in [1.165, 1.54) is 40.0 Å². The van der Waals surface area contributed by atoms with Crippen LogP contribution in [0.1, 0.15) is 29.6 Å². The van der Waals surface area contributed by atoms with Crippen LogP contribution < -0.4 is 9.46 Å². The highest BCUT2D eigenvalue weighted by Crippen LogP contribution is 2.59. The lowest BCUT2D eigenvalue weighted by atomic mass is 10.0. The molecule has 0 unspecified atom stereocenters. The van der Waals surface area contributed by atoms with E-state index in [1.807, 2.05) is 23.5 Å². The standard InChI is InChI=1S/C22H26ClF3N6O4S2/c1-31-13-15(20(29-31)37(2,3)4)38(34,35)30-19(33)14-5-6-16(27-18(14)23)32-11-7-17(28-32)36-12-10-21(8-9-21)22(24,25)26/h5-7,11,13H,8-10,12H2,1-4H3,(H,30,33). The van der Waals surface area contributed by atoms with Crippen molar-refractivity contribution >= 4 is 37.6 Å². The molecule has 0 saturated heterocycles. The van der Waals surface area contributed by atoms with Crippen LogP contribution in [0.5, 0.6) is 5.88 Å². The quantitative estimate of drug-likeness (QED) is 0.373. The van der Waals surface area contributed by atoms with Gasteiger partial charge in [0.05, 0.1) is 17.6 Å². The van der Waals surface area contributed by atoms with Crippen molar-refractivity contribution in [2.75, 3.05) is 25.4 Å². The number of amides is 1. The van der Waals surface area contributed by atoms with Gasteiger partial charge in [0, 0.05) is 25.5 Å². The molecule has 10 nitrogen and oxygen atoms in total. The Morgan fingerprint density at radius 1 is 1.18 bits per heavy atom. The summed E-state index contributed by atoms with van der Waals surface area (Å²) in [7, 11) is -4.19. The van der Waals surface area contributed by atoms with Crippen molar-refractivity contribution in [2.24, 2.45) is 12.5 Å². The van der Waals surface area contributed by atoms with Crippen molar-refractivity contribution in [3.8, 4) is 11.7 Å². The first-order valence-electron chi connectivity index (χ1n) is 11.2. The van der Waals surface area contributed by atoms with Gasteiger partial charge in [0.25, 0.3) is 15.9 Å². The van der Waals surface area contributed by atoms with Gasteiger partial charge in [-0.25, -0.2) is 32.8 Å². The molecule has 1 amide bonds. The summed E-state index contributed by atoms with van der Waals surface area (Å²) < 4.78 is 75.2. The molecule has 1 aliphatic carbocycles. The highest BCUT2D eigenvalue weighted by atomic mass is 35.5. The molecule has 3 aromatic rings. The number of aryl methyl sites for hydroxylation is 1. The van der Waals surface area contributed by atoms with Gasteiger partial charge in [-0.2, -0.15) is 18.3 Å². The number of pyridine rings is 1. The average molecular weight is 595 g/mol. The van der Waals surface area contributed by atoms with Crippen molar-refractivity contribution in [3.05, 3.63) is 41.3 Å². The predicted octanol–water partition coefficient (Wildman–Crippen LogP) is 3.94. The van der Waals surface area contributed by atoms with E-state index in [0.29, 0.717) is 5.03 Å². The topological polar surface area (TPSA) is 121 Å². The molecule has 4 rings (SSSR count). The van der Waals surface area contributed by atoms with Crippen LogP contribution in [0, 0.1) is 5.41 Å². The lowest BCUT2D eigenvalue weighted by Crippen LogP contribution is -2.31. The van der Waals surface area contributed by atoms with Crippen LogP contribution in [-0.2, 0) is 17.1 Å². The Kier molecular flexibility index (Phi) is 7.25. The molecule has 208 valence electrons. The molecule has 1 aliphatic rings. The van der Waals surface area contributed by atoms with Gasteiger partial charge in [-0.05, 0) is 50.2 Å². The Bertz CT molecular complexity index is 1480. The normalized spacial score (nSPS) is 15.8. The zero-order chi connectivity index (χ0) is 28.1. The van der Waals surface area contributed by atoms with E-state index in [9.17, 15) is 26.4 Å². The monoisotopic (exact) mass is 594 g/mol. The number of nitrogens with one attached hydrogen (secondary N) is 1. The summed E-state index contributed by atoms with van der Waals surface area (Å²) >= 11 is 6.19. The van der Waals surface area contributed by atoms with Crippen LogP contribution in [0.2, 0.25) is 5.15 Å². The Balaban J connectivity index is 1.44. The number of rotatable bonds is 9. The highest BCUT2D eigenvalue weighted by Gasteiger charge is 2.62. The molecule has 1 saturated carbocycles. The van der Waals surface area contributed by atoms with Gasteiger partial charge in [-0.3, -0.25) is 9.48 Å². The summed E-state index contributed by atoms with van der Waals surface area (Å²) in [5.74, 6) is -0.693. The predicted molar refractivity (Wildman–Crippen MR) is 136 cm³/mol. The zero-order valence-corrected chi connectivity index (χ0v) is 23.3. The molecule has 0 aliphatic heterocycles. The van der Waals surface area contributed by atoms with Gasteiger partial charge < -0.3 is 4.74 Å². The second-order valence-electron chi connectivity index (χ2n) is 9.73. The Morgan fingerprint density at radius 2 is 1.87 bits per heavy atom. The van der Waals surface area contributed by atoms with E-state index < -0.39 is 37.5 Å². The average Bonchev–Trinajstić information content (AvgIpc) is 3.25. The van der Waals surface area contributed by atoms with E-state index in [1.54, 1.807) is 7.05 Å². The first kappa shape index (κ1) is 28.2. The SMILES string of the molecule is Cn1cc(S(=O)(=O)NC(=O)c2ccc(-n3ccc(OCCC4(C(F)(F)F)CC4)n3)nc2Cl)c(S(C)(C)C)n1. The van der Waals surface area contributed by atoms with Crippen LogP contribution >= 0.6 is 21.6 Å². The second-order valence-corrected chi connectivity index (χ2v) is 15.8. The minimum absolute atomic E-state index is 0.0940. The fourth-order valence-electron chi connectivity index (χ4n) is 3.70. The molecule has 3 aromatic heterocycles. The molecule has 0 spiro atoms. The van der Waals surface area contributed by atoms with E-state index in [-0.39, 0.29) is 53.2 Å². The first-order chi connectivity index (χ1) is 17.5. The maximum atomic E-state index is 13.1. The lowest BCUT2D eigenvalue weighted by Gasteiger charge is -2.23. The Labute approximate surface area is 223 Å². The van der Waals surface area contributed by atoms with Crippen molar-refractivity contribution in [1.29, 1.82) is 0 Å². The fraction of sp³-hybridized carbons (Fsp3) is 0.455. The van der Waals surface area contributed by atoms with Gasteiger partial charge in [0.2, 0.25) is 5.88 Å². The van der Waals surface area contributed by atoms with Gasteiger partial charge in [0.15, 0.2) is 5.82 Å². The van der Waals surface area contributed by atoms with Crippen LogP contribution in [0.4, 0.5) is 13.2 Å². The largest absolute Gasteiger partial charge is 0.477 e. The first-order valence-corrected chi connectivity index (χ1v) is 16.0. The molecule has 0 bridgehead atoms. The van der Waals surface area contributed by atoms with Gasteiger partial charge in [-0.1, -0.05) is 11.6 Å². The molecule has 1 N–H and O–H groups in total. The number of sulfonamides is 1. The molecule has 38 heavy (non-hydrogen) atoms. The summed E-state index contributed by atoms with van der Waals surface area (Å²) in [5.41, 5.74) is -1.85. The van der Waals surface area contributed by atoms with Crippen LogP contribution in [0.15, 0.2) is 40.5 Å². The number of hydrogen-bond acceptors (Lipinski definition) is 7. The summed E-state index contributed by atoms with van der Waals surface area (Å²) in [4.78, 5) is 16.8. The number of alkyl halides is 3. The number of carbonyl (C=O) groups is 1. The van der Waals surface area contributed by atoms with E-state index >= 15 is 0 Å². The van der Waals surface area contributed by atoms with Crippen molar-refractivity contribution in [1.82, 2.24) is 29.3 Å². The zero-order valence-electron chi connectivity index (χ0n) is 20.9. The smallest absolute Gasteiger partial charge is 0.394 e. The number of carbonyl (C=O) groups excluding carboxylic acids is 1. The van der Waals surface area contributed by atoms with Crippen LogP contribution in [0.25, 0.3) is 5.82 Å². The Hall–Kier alpha value is -2.78. The lowest BCUT2D eigenvalue weighted by molar-refractivity contribution is -0.190. The molecule has 1 fully saturated rings. The third-order valence-electron chi connectivity index (χ3n) is 6.02. The number of hydrogen-bond donors (Lipinski definition) is 1. The van der Waals surface area contributed by atoms with Crippen molar-refractivity contribution in [2.45, 2.75) is 35.4 Å². The molecular formula is C22H26ClF3N6O4S2. The second kappa shape index (κ2) is 9.75. The fourth-order valence-corrected chi connectivity index (χ4v) is 7.07. The maximum absolute atomic E-state index is 13.1. The summed E-state index contributed by atoms with van der Waals surface area (Å²) in [6.45, 7) is -0.145. The number of ether oxygens (including phenoxy) is 1. The summed E-state index contributed by atoms with van der Waals surface area (Å²) in [6, 6.07) is 4.14. The van der Waals surface area contributed by atoms with E-state index in [2.05, 4.69) is 15.2 Å². The summed E-state index contributed by atoms with van der Waals surface area (Å²) in [5, 5.41) is 8.47. The minimum atomic E-state index is -4.25. The third kappa shape index (κ3) is 5.78. The molecule has 16 heteroatoms. The van der Waals surface area contributed by atoms with E-state index in [4.69, 9.17) is 16.3 Å². The van der Waals surface area contributed by atoms with Gasteiger partial charge >= 0.3 is 6.18 Å². The van der Waals surface area contributed by atoms with Gasteiger partial charge in [-0.15, -0.1) is 5.10 Å². The maximum Gasteiger partial charge on any atom is 0.394 e. The minimum Gasteiger partial charge on any atom is -0.477 e. The molecule has 0 aromatic carbocycles. The highest BCUT2D eigenvalue weighted by molar-refractivity contribution is 8.32. The molecule has 3 heterocycles. The van der Waals surface area contributed by atoms with Gasteiger partial charge in [0.1, 0.15) is 15.1 Å². The number of aromatic nitrogens is 5. The molecular weight excluding hydrogens is 569 g/mol. The number of halogens is 4. The molecule has 0 radical (unpaired) electrons. The molecule has 0 atom stereocenters. The van der Waals surface area contributed by atoms with Crippen LogP contribution in [0.3, 0.4) is 0 Å².